The van der Waals surface area contributed by atoms with Gasteiger partial charge in [-0.3, -0.25) is 9.97 Å². The van der Waals surface area contributed by atoms with Crippen LogP contribution in [0.25, 0.3) is 0 Å². The summed E-state index contributed by atoms with van der Waals surface area (Å²) in [5, 5.41) is 0. The van der Waals surface area contributed by atoms with Gasteiger partial charge in [-0.15, -0.1) is 0 Å². The second-order valence-corrected chi connectivity index (χ2v) is 5.66. The van der Waals surface area contributed by atoms with Gasteiger partial charge in [0, 0.05) is 31.3 Å². The molecule has 0 amide bonds. The molecule has 7 heteroatoms. The summed E-state index contributed by atoms with van der Waals surface area (Å²) in [6.45, 7) is 0.280. The average Bonchev–Trinajstić information content (AvgIpc) is 2.40. The highest BCUT2D eigenvalue weighted by molar-refractivity contribution is 7.89. The van der Waals surface area contributed by atoms with Gasteiger partial charge >= 0.3 is 0 Å². The second-order valence-electron chi connectivity index (χ2n) is 3.92. The molecule has 0 aliphatic carbocycles. The highest BCUT2D eigenvalue weighted by atomic mass is 32.2. The Hall–Kier alpha value is -1.99. The van der Waals surface area contributed by atoms with Crippen LogP contribution in [0.2, 0.25) is 0 Å². The molecule has 2 heterocycles. The smallest absolute Gasteiger partial charge is 0.244 e. The average molecular weight is 278 g/mol. The molecule has 0 aliphatic heterocycles. The third-order valence-corrected chi connectivity index (χ3v) is 4.04. The molecule has 0 fully saturated rings. The Morgan fingerprint density at radius 3 is 2.63 bits per heavy atom. The summed E-state index contributed by atoms with van der Waals surface area (Å²) in [6, 6.07) is 5.15. The maximum Gasteiger partial charge on any atom is 0.244 e. The monoisotopic (exact) mass is 278 g/mol. The number of nitrogens with zero attached hydrogens (tertiary/aromatic N) is 2. The molecule has 0 aliphatic rings. The molecule has 0 aromatic carbocycles. The van der Waals surface area contributed by atoms with E-state index in [9.17, 15) is 8.42 Å². The molecule has 19 heavy (non-hydrogen) atoms. The van der Waals surface area contributed by atoms with Gasteiger partial charge in [0.1, 0.15) is 4.90 Å². The normalized spacial score (nSPS) is 11.4. The van der Waals surface area contributed by atoms with Gasteiger partial charge in [0.25, 0.3) is 0 Å². The van der Waals surface area contributed by atoms with Crippen LogP contribution in [-0.2, 0) is 16.4 Å². The fourth-order valence-electron chi connectivity index (χ4n) is 1.57. The molecule has 2 rings (SSSR count). The van der Waals surface area contributed by atoms with Gasteiger partial charge in [0.05, 0.1) is 5.69 Å². The van der Waals surface area contributed by atoms with E-state index < -0.39 is 10.0 Å². The highest BCUT2D eigenvalue weighted by Gasteiger charge is 2.16. The zero-order valence-electron chi connectivity index (χ0n) is 10.2. The van der Waals surface area contributed by atoms with Crippen molar-refractivity contribution in [1.29, 1.82) is 0 Å². The van der Waals surface area contributed by atoms with Gasteiger partial charge in [-0.05, 0) is 24.1 Å². The molecule has 6 nitrogen and oxygen atoms in total. The molecule has 100 valence electrons. The van der Waals surface area contributed by atoms with Crippen molar-refractivity contribution < 1.29 is 8.42 Å². The van der Waals surface area contributed by atoms with Crippen molar-refractivity contribution in [2.75, 3.05) is 12.3 Å². The summed E-state index contributed by atoms with van der Waals surface area (Å²) in [5.41, 5.74) is 6.77. The molecular formula is C12H14N4O2S. The summed E-state index contributed by atoms with van der Waals surface area (Å²) in [6.07, 6.45) is 6.62. The Morgan fingerprint density at radius 1 is 1.16 bits per heavy atom. The Morgan fingerprint density at radius 2 is 1.95 bits per heavy atom. The lowest BCUT2D eigenvalue weighted by Gasteiger charge is -2.08. The number of pyridine rings is 2. The minimum atomic E-state index is -3.62. The standard InChI is InChI=1S/C12H14N4O2S/c13-11-4-6-15-9-12(11)19(17,18)16-7-3-10-2-1-5-14-8-10/h1-2,4-6,8-9,16H,3,7H2,(H2,13,15). The molecule has 0 saturated heterocycles. The van der Waals surface area contributed by atoms with Crippen LogP contribution in [0, 0.1) is 0 Å². The number of nitrogens with one attached hydrogen (secondary N) is 1. The van der Waals surface area contributed by atoms with Crippen molar-refractivity contribution in [3.63, 3.8) is 0 Å². The number of hydrogen-bond acceptors (Lipinski definition) is 5. The predicted octanol–water partition coefficient (Wildman–Crippen LogP) is 0.580. The van der Waals surface area contributed by atoms with Crippen LogP contribution in [0.3, 0.4) is 0 Å². The summed E-state index contributed by atoms with van der Waals surface area (Å²) in [5.74, 6) is 0. The zero-order chi connectivity index (χ0) is 13.7. The van der Waals surface area contributed by atoms with E-state index in [1.165, 1.54) is 18.5 Å². The number of nitrogen functional groups attached to an aromatic ring is 1. The molecule has 0 unspecified atom stereocenters. The summed E-state index contributed by atoms with van der Waals surface area (Å²) in [4.78, 5) is 7.73. The molecule has 0 radical (unpaired) electrons. The first kappa shape index (κ1) is 13.4. The number of anilines is 1. The Bertz CT molecular complexity index is 644. The molecule has 0 spiro atoms. The van der Waals surface area contributed by atoms with Gasteiger partial charge in [0.15, 0.2) is 0 Å². The second kappa shape index (κ2) is 5.77. The van der Waals surface area contributed by atoms with E-state index in [0.29, 0.717) is 6.42 Å². The van der Waals surface area contributed by atoms with E-state index in [4.69, 9.17) is 5.73 Å². The highest BCUT2D eigenvalue weighted by Crippen LogP contribution is 2.15. The summed E-state index contributed by atoms with van der Waals surface area (Å²) < 4.78 is 26.5. The molecular weight excluding hydrogens is 264 g/mol. The molecule has 0 saturated carbocycles. The van der Waals surface area contributed by atoms with Crippen LogP contribution in [0.4, 0.5) is 5.69 Å². The fourth-order valence-corrected chi connectivity index (χ4v) is 2.67. The van der Waals surface area contributed by atoms with Crippen LogP contribution in [-0.4, -0.2) is 24.9 Å². The Labute approximate surface area is 111 Å². The van der Waals surface area contributed by atoms with Gasteiger partial charge in [0.2, 0.25) is 10.0 Å². The SMILES string of the molecule is Nc1ccncc1S(=O)(=O)NCCc1cccnc1. The lowest BCUT2D eigenvalue weighted by atomic mass is 10.2. The lowest BCUT2D eigenvalue weighted by molar-refractivity contribution is 0.581. The van der Waals surface area contributed by atoms with Crippen molar-refractivity contribution in [1.82, 2.24) is 14.7 Å². The third-order valence-electron chi connectivity index (χ3n) is 2.53. The number of sulfonamides is 1. The third kappa shape index (κ3) is 3.49. The quantitative estimate of drug-likeness (QED) is 0.833. The molecule has 0 bridgehead atoms. The van der Waals surface area contributed by atoms with Crippen LogP contribution in [0.1, 0.15) is 5.56 Å². The molecule has 3 N–H and O–H groups in total. The number of hydrogen-bond donors (Lipinski definition) is 2. The number of rotatable bonds is 5. The van der Waals surface area contributed by atoms with Crippen molar-refractivity contribution in [2.45, 2.75) is 11.3 Å². The minimum Gasteiger partial charge on any atom is -0.398 e. The maximum atomic E-state index is 12.0. The maximum absolute atomic E-state index is 12.0. The van der Waals surface area contributed by atoms with E-state index in [0.717, 1.165) is 5.56 Å². The molecule has 0 atom stereocenters. The first-order chi connectivity index (χ1) is 9.09. The Kier molecular flexibility index (Phi) is 4.08. The van der Waals surface area contributed by atoms with Crippen LogP contribution in [0.15, 0.2) is 47.9 Å². The van der Waals surface area contributed by atoms with E-state index in [1.807, 2.05) is 12.1 Å². The molecule has 2 aromatic heterocycles. The minimum absolute atomic E-state index is 0.00110. The van der Waals surface area contributed by atoms with Crippen LogP contribution in [0.5, 0.6) is 0 Å². The van der Waals surface area contributed by atoms with Gasteiger partial charge in [-0.1, -0.05) is 6.07 Å². The van der Waals surface area contributed by atoms with Gasteiger partial charge in [-0.2, -0.15) is 0 Å². The van der Waals surface area contributed by atoms with Crippen molar-refractivity contribution in [3.05, 3.63) is 48.5 Å². The Balaban J connectivity index is 2.01. The molecule has 2 aromatic rings. The van der Waals surface area contributed by atoms with Crippen molar-refractivity contribution >= 4 is 15.7 Å². The largest absolute Gasteiger partial charge is 0.398 e. The summed E-state index contributed by atoms with van der Waals surface area (Å²) >= 11 is 0. The van der Waals surface area contributed by atoms with E-state index >= 15 is 0 Å². The number of aromatic nitrogens is 2. The van der Waals surface area contributed by atoms with E-state index in [1.54, 1.807) is 12.4 Å². The van der Waals surface area contributed by atoms with E-state index in [-0.39, 0.29) is 17.1 Å². The van der Waals surface area contributed by atoms with Crippen LogP contribution >= 0.6 is 0 Å². The van der Waals surface area contributed by atoms with Gasteiger partial charge < -0.3 is 5.73 Å². The predicted molar refractivity (Wildman–Crippen MR) is 71.8 cm³/mol. The fraction of sp³-hybridized carbons (Fsp3) is 0.167. The number of nitrogens with two attached hydrogens (primary N) is 1. The summed E-state index contributed by atoms with van der Waals surface area (Å²) in [7, 11) is -3.62. The van der Waals surface area contributed by atoms with Crippen LogP contribution < -0.4 is 10.5 Å². The van der Waals surface area contributed by atoms with E-state index in [2.05, 4.69) is 14.7 Å². The van der Waals surface area contributed by atoms with Crippen molar-refractivity contribution in [2.24, 2.45) is 0 Å². The zero-order valence-corrected chi connectivity index (χ0v) is 11.0. The van der Waals surface area contributed by atoms with Crippen molar-refractivity contribution in [3.8, 4) is 0 Å². The first-order valence-electron chi connectivity index (χ1n) is 5.67. The van der Waals surface area contributed by atoms with Gasteiger partial charge in [-0.25, -0.2) is 13.1 Å². The topological polar surface area (TPSA) is 98.0 Å². The first-order valence-corrected chi connectivity index (χ1v) is 7.16. The lowest BCUT2D eigenvalue weighted by Crippen LogP contribution is -2.26.